The van der Waals surface area contributed by atoms with Crippen LogP contribution in [0.1, 0.15) is 18.9 Å². The molecule has 1 aromatic heterocycles. The molecule has 182 valence electrons. The molecular weight excluding hydrogens is 442 g/mol. The Balaban J connectivity index is 1.19. The van der Waals surface area contributed by atoms with E-state index in [-0.39, 0.29) is 5.97 Å². The molecule has 0 unspecified atom stereocenters. The minimum absolute atomic E-state index is 0.339. The molecular formula is C29H31NO5. The monoisotopic (exact) mass is 473 g/mol. The number of benzene rings is 3. The van der Waals surface area contributed by atoms with Crippen LogP contribution in [0.3, 0.4) is 0 Å². The molecule has 0 saturated carbocycles. The summed E-state index contributed by atoms with van der Waals surface area (Å²) < 4.78 is 22.0. The lowest BCUT2D eigenvalue weighted by Crippen LogP contribution is -2.27. The van der Waals surface area contributed by atoms with E-state index < -0.39 is 6.10 Å². The summed E-state index contributed by atoms with van der Waals surface area (Å²) >= 11 is 0. The van der Waals surface area contributed by atoms with E-state index in [0.29, 0.717) is 26.2 Å². The molecule has 0 saturated heterocycles. The lowest BCUT2D eigenvalue weighted by atomic mass is 10.0. The number of carbonyl (C=O) groups is 1. The molecule has 0 aliphatic carbocycles. The topological polar surface area (TPSA) is 69.8 Å². The molecule has 0 bridgehead atoms. The van der Waals surface area contributed by atoms with Gasteiger partial charge in [-0.25, -0.2) is 4.79 Å². The summed E-state index contributed by atoms with van der Waals surface area (Å²) in [5, 5.41) is 1.21. The van der Waals surface area contributed by atoms with Crippen LogP contribution >= 0.6 is 0 Å². The number of carbonyl (C=O) groups excluding carboxylic acids is 1. The molecule has 6 nitrogen and oxygen atoms in total. The highest BCUT2D eigenvalue weighted by Crippen LogP contribution is 2.29. The van der Waals surface area contributed by atoms with Gasteiger partial charge < -0.3 is 23.9 Å². The molecule has 4 aromatic rings. The molecule has 0 aliphatic heterocycles. The maximum Gasteiger partial charge on any atom is 0.335 e. The number of nitrogens with one attached hydrogen (secondary N) is 1. The van der Waals surface area contributed by atoms with Gasteiger partial charge in [-0.3, -0.25) is 0 Å². The first kappa shape index (κ1) is 24.4. The van der Waals surface area contributed by atoms with Crippen molar-refractivity contribution in [2.45, 2.75) is 25.9 Å². The predicted molar refractivity (Wildman–Crippen MR) is 137 cm³/mol. The fourth-order valence-corrected chi connectivity index (χ4v) is 3.91. The van der Waals surface area contributed by atoms with Gasteiger partial charge in [-0.2, -0.15) is 0 Å². The van der Waals surface area contributed by atoms with Crippen molar-refractivity contribution in [3.63, 3.8) is 0 Å². The van der Waals surface area contributed by atoms with Gasteiger partial charge in [0.05, 0.1) is 19.8 Å². The van der Waals surface area contributed by atoms with E-state index >= 15 is 0 Å². The third-order valence-electron chi connectivity index (χ3n) is 5.76. The van der Waals surface area contributed by atoms with Gasteiger partial charge >= 0.3 is 5.97 Å². The molecule has 0 spiro atoms. The lowest BCUT2D eigenvalue weighted by molar-refractivity contribution is -0.154. The van der Waals surface area contributed by atoms with Crippen molar-refractivity contribution >= 4 is 16.9 Å². The summed E-state index contributed by atoms with van der Waals surface area (Å²) in [4.78, 5) is 15.2. The Hall–Kier alpha value is -3.77. The minimum Gasteiger partial charge on any atom is -0.493 e. The van der Waals surface area contributed by atoms with E-state index in [0.717, 1.165) is 34.6 Å². The molecule has 0 radical (unpaired) electrons. The molecule has 1 heterocycles. The van der Waals surface area contributed by atoms with Gasteiger partial charge in [0, 0.05) is 42.6 Å². The van der Waals surface area contributed by atoms with E-state index in [1.165, 1.54) is 18.1 Å². The highest BCUT2D eigenvalue weighted by molar-refractivity contribution is 5.95. The molecule has 6 heteroatoms. The maximum atomic E-state index is 11.9. The van der Waals surface area contributed by atoms with Crippen LogP contribution in [0.2, 0.25) is 0 Å². The maximum absolute atomic E-state index is 11.9. The van der Waals surface area contributed by atoms with Crippen molar-refractivity contribution in [2.24, 2.45) is 0 Å². The van der Waals surface area contributed by atoms with Crippen molar-refractivity contribution in [1.29, 1.82) is 0 Å². The summed E-state index contributed by atoms with van der Waals surface area (Å²) in [5.74, 6) is 1.28. The number of fused-ring (bicyclic) bond motifs is 1. The van der Waals surface area contributed by atoms with Crippen LogP contribution in [-0.2, 0) is 20.7 Å². The SMILES string of the molecule is CCOC(=O)[C@H](Cc1ccc(OCCCOc2ccc(-c3c[nH]c4ccccc34)cc2)cc1)OC. The van der Waals surface area contributed by atoms with Gasteiger partial charge in [-0.05, 0) is 48.4 Å². The second-order valence-electron chi connectivity index (χ2n) is 8.15. The number of esters is 1. The summed E-state index contributed by atoms with van der Waals surface area (Å²) in [6, 6.07) is 24.1. The number of rotatable bonds is 12. The summed E-state index contributed by atoms with van der Waals surface area (Å²) in [7, 11) is 1.51. The van der Waals surface area contributed by atoms with Crippen LogP contribution < -0.4 is 9.47 Å². The van der Waals surface area contributed by atoms with Gasteiger partial charge in [0.15, 0.2) is 6.10 Å². The number of methoxy groups -OCH3 is 1. The fourth-order valence-electron chi connectivity index (χ4n) is 3.91. The first-order valence-corrected chi connectivity index (χ1v) is 11.9. The van der Waals surface area contributed by atoms with Crippen LogP contribution in [-0.4, -0.2) is 44.0 Å². The Labute approximate surface area is 205 Å². The van der Waals surface area contributed by atoms with Gasteiger partial charge in [0.25, 0.3) is 0 Å². The second kappa shape index (κ2) is 12.1. The number of para-hydroxylation sites is 1. The number of aromatic amines is 1. The van der Waals surface area contributed by atoms with Gasteiger partial charge in [0.1, 0.15) is 11.5 Å². The molecule has 1 atom stereocenters. The third-order valence-corrected chi connectivity index (χ3v) is 5.76. The number of ether oxygens (including phenoxy) is 4. The van der Waals surface area contributed by atoms with Gasteiger partial charge in [0.2, 0.25) is 0 Å². The predicted octanol–water partition coefficient (Wildman–Crippen LogP) is 5.80. The highest BCUT2D eigenvalue weighted by Gasteiger charge is 2.19. The Morgan fingerprint density at radius 1 is 0.886 bits per heavy atom. The normalized spacial score (nSPS) is 11.8. The zero-order valence-corrected chi connectivity index (χ0v) is 20.2. The van der Waals surface area contributed by atoms with Crippen molar-refractivity contribution in [2.75, 3.05) is 26.9 Å². The Morgan fingerprint density at radius 2 is 1.54 bits per heavy atom. The van der Waals surface area contributed by atoms with E-state index in [9.17, 15) is 4.79 Å². The summed E-state index contributed by atoms with van der Waals surface area (Å²) in [5.41, 5.74) is 4.45. The van der Waals surface area contributed by atoms with Gasteiger partial charge in [-0.1, -0.05) is 42.5 Å². The minimum atomic E-state index is -0.602. The third kappa shape index (κ3) is 6.43. The van der Waals surface area contributed by atoms with Crippen LogP contribution in [0.15, 0.2) is 79.0 Å². The Morgan fingerprint density at radius 3 is 2.20 bits per heavy atom. The van der Waals surface area contributed by atoms with E-state index in [4.69, 9.17) is 18.9 Å². The molecule has 4 rings (SSSR count). The van der Waals surface area contributed by atoms with Crippen LogP contribution in [0.5, 0.6) is 11.5 Å². The number of hydrogen-bond acceptors (Lipinski definition) is 5. The zero-order valence-electron chi connectivity index (χ0n) is 20.2. The molecule has 1 N–H and O–H groups in total. The molecule has 35 heavy (non-hydrogen) atoms. The van der Waals surface area contributed by atoms with Crippen molar-refractivity contribution in [3.8, 4) is 22.6 Å². The van der Waals surface area contributed by atoms with E-state index in [2.05, 4.69) is 35.3 Å². The van der Waals surface area contributed by atoms with E-state index in [1.807, 2.05) is 48.7 Å². The first-order valence-electron chi connectivity index (χ1n) is 11.9. The number of H-pyrrole nitrogens is 1. The number of aromatic nitrogens is 1. The average molecular weight is 474 g/mol. The van der Waals surface area contributed by atoms with Crippen molar-refractivity contribution < 1.29 is 23.7 Å². The van der Waals surface area contributed by atoms with Crippen molar-refractivity contribution in [1.82, 2.24) is 4.98 Å². The Kier molecular flexibility index (Phi) is 8.41. The van der Waals surface area contributed by atoms with E-state index in [1.54, 1.807) is 6.92 Å². The summed E-state index contributed by atoms with van der Waals surface area (Å²) in [6.07, 6.45) is 2.67. The van der Waals surface area contributed by atoms with Gasteiger partial charge in [-0.15, -0.1) is 0 Å². The molecule has 3 aromatic carbocycles. The second-order valence-corrected chi connectivity index (χ2v) is 8.15. The molecule has 0 aliphatic rings. The highest BCUT2D eigenvalue weighted by atomic mass is 16.6. The number of hydrogen-bond donors (Lipinski definition) is 1. The smallest absolute Gasteiger partial charge is 0.335 e. The molecule has 0 amide bonds. The molecule has 0 fully saturated rings. The first-order chi connectivity index (χ1) is 17.2. The Bertz CT molecular complexity index is 1210. The van der Waals surface area contributed by atoms with Crippen LogP contribution in [0.4, 0.5) is 0 Å². The zero-order chi connectivity index (χ0) is 24.5. The average Bonchev–Trinajstić information content (AvgIpc) is 3.32. The quantitative estimate of drug-likeness (QED) is 0.208. The standard InChI is InChI=1S/C29H31NO5/c1-3-33-29(31)28(32-2)19-21-9-13-23(14-10-21)34-17-6-18-35-24-15-11-22(12-16-24)26-20-30-27-8-5-4-7-25(26)27/h4-5,7-16,20,28,30H,3,6,17-19H2,1-2H3/t28-/m0/s1. The van der Waals surface area contributed by atoms with Crippen molar-refractivity contribution in [3.05, 3.63) is 84.6 Å². The van der Waals surface area contributed by atoms with Crippen LogP contribution in [0.25, 0.3) is 22.0 Å². The largest absolute Gasteiger partial charge is 0.493 e. The lowest BCUT2D eigenvalue weighted by Gasteiger charge is -2.14. The fraction of sp³-hybridized carbons (Fsp3) is 0.276. The van der Waals surface area contributed by atoms with Crippen LogP contribution in [0, 0.1) is 0 Å². The summed E-state index contributed by atoms with van der Waals surface area (Å²) in [6.45, 7) is 3.24.